The van der Waals surface area contributed by atoms with E-state index < -0.39 is 17.9 Å². The maximum atomic E-state index is 12.7. The lowest BCUT2D eigenvalue weighted by molar-refractivity contribution is -0.150. The van der Waals surface area contributed by atoms with Gasteiger partial charge in [0.2, 0.25) is 0 Å². The van der Waals surface area contributed by atoms with Crippen LogP contribution in [0.15, 0.2) is 29.3 Å². The van der Waals surface area contributed by atoms with Gasteiger partial charge in [-0.3, -0.25) is 4.99 Å². The van der Waals surface area contributed by atoms with Crippen LogP contribution >= 0.6 is 0 Å². The van der Waals surface area contributed by atoms with Crippen molar-refractivity contribution >= 4 is 11.7 Å². The second-order valence-electron chi connectivity index (χ2n) is 5.08. The first-order valence-corrected chi connectivity index (χ1v) is 6.66. The smallest absolute Gasteiger partial charge is 0.329 e. The normalized spacial score (nSPS) is 15.0. The number of aliphatic carboxylic acids is 1. The monoisotopic (exact) mass is 298 g/mol. The number of hydrogen-bond acceptors (Lipinski definition) is 3. The average molecular weight is 298 g/mol. The quantitative estimate of drug-likeness (QED) is 0.600. The molecule has 0 saturated heterocycles. The van der Waals surface area contributed by atoms with E-state index in [0.717, 1.165) is 16.8 Å². The van der Waals surface area contributed by atoms with Crippen molar-refractivity contribution in [2.45, 2.75) is 38.7 Å². The lowest BCUT2D eigenvalue weighted by Crippen LogP contribution is -2.54. The molecule has 0 fully saturated rings. The van der Waals surface area contributed by atoms with E-state index in [1.54, 1.807) is 0 Å². The minimum absolute atomic E-state index is 0.191. The highest BCUT2D eigenvalue weighted by Crippen LogP contribution is 2.19. The fourth-order valence-electron chi connectivity index (χ4n) is 1.81. The number of benzene rings is 1. The number of carboxylic acid groups (broad SMARTS) is 1. The molecule has 1 aromatic rings. The van der Waals surface area contributed by atoms with E-state index in [9.17, 15) is 13.6 Å². The number of aryl methyl sites for hydroxylation is 1. The van der Waals surface area contributed by atoms with E-state index in [1.807, 2.05) is 38.1 Å². The molecule has 0 amide bonds. The fourth-order valence-corrected chi connectivity index (χ4v) is 1.81. The Hall–Kier alpha value is -1.82. The number of alkyl halides is 2. The number of hydrogen-bond donors (Lipinski definition) is 2. The van der Waals surface area contributed by atoms with Crippen LogP contribution in [-0.2, 0) is 4.79 Å². The van der Waals surface area contributed by atoms with E-state index in [4.69, 9.17) is 10.8 Å². The molecule has 1 atom stereocenters. The van der Waals surface area contributed by atoms with Crippen LogP contribution in [0.4, 0.5) is 8.78 Å². The number of rotatable bonds is 7. The first kappa shape index (κ1) is 17.2. The van der Waals surface area contributed by atoms with Crippen LogP contribution in [0.5, 0.6) is 0 Å². The molecule has 21 heavy (non-hydrogen) atoms. The number of carboxylic acids is 1. The van der Waals surface area contributed by atoms with Crippen LogP contribution in [-0.4, -0.2) is 35.3 Å². The second kappa shape index (κ2) is 7.26. The second-order valence-corrected chi connectivity index (χ2v) is 5.08. The predicted octanol–water partition coefficient (Wildman–Crippen LogP) is 2.63. The summed E-state index contributed by atoms with van der Waals surface area (Å²) in [5, 5.41) is 8.77. The van der Waals surface area contributed by atoms with E-state index >= 15 is 0 Å². The van der Waals surface area contributed by atoms with Gasteiger partial charge in [-0.25, -0.2) is 13.6 Å². The van der Waals surface area contributed by atoms with E-state index in [0.29, 0.717) is 0 Å². The minimum Gasteiger partial charge on any atom is -0.480 e. The lowest BCUT2D eigenvalue weighted by Gasteiger charge is -2.23. The molecular formula is C15H20F2N2O2. The summed E-state index contributed by atoms with van der Waals surface area (Å²) < 4.78 is 25.4. The Morgan fingerprint density at radius 1 is 1.38 bits per heavy atom. The van der Waals surface area contributed by atoms with Crippen LogP contribution in [0.1, 0.15) is 30.9 Å². The first-order valence-electron chi connectivity index (χ1n) is 6.66. The van der Waals surface area contributed by atoms with Crippen LogP contribution in [0, 0.1) is 6.92 Å². The van der Waals surface area contributed by atoms with Gasteiger partial charge in [-0.2, -0.15) is 0 Å². The number of carbonyl (C=O) groups is 1. The highest BCUT2D eigenvalue weighted by molar-refractivity contribution is 5.98. The van der Waals surface area contributed by atoms with E-state index in [-0.39, 0.29) is 19.4 Å². The molecule has 1 unspecified atom stereocenters. The van der Waals surface area contributed by atoms with Crippen molar-refractivity contribution in [3.05, 3.63) is 35.4 Å². The van der Waals surface area contributed by atoms with Gasteiger partial charge in [0.1, 0.15) is 0 Å². The third-order valence-corrected chi connectivity index (χ3v) is 3.35. The van der Waals surface area contributed by atoms with Gasteiger partial charge in [0.15, 0.2) is 5.54 Å². The van der Waals surface area contributed by atoms with Crippen LogP contribution < -0.4 is 5.73 Å². The van der Waals surface area contributed by atoms with Gasteiger partial charge in [0, 0.05) is 12.3 Å². The molecular weight excluding hydrogens is 278 g/mol. The Labute approximate surface area is 122 Å². The molecule has 0 spiro atoms. The van der Waals surface area contributed by atoms with Crippen molar-refractivity contribution in [2.75, 3.05) is 6.54 Å². The summed E-state index contributed by atoms with van der Waals surface area (Å²) >= 11 is 0. The van der Waals surface area contributed by atoms with E-state index in [1.165, 1.54) is 0 Å². The third-order valence-electron chi connectivity index (χ3n) is 3.35. The molecule has 3 N–H and O–H groups in total. The molecule has 0 radical (unpaired) electrons. The van der Waals surface area contributed by atoms with Gasteiger partial charge in [0.05, 0.1) is 0 Å². The Morgan fingerprint density at radius 2 is 1.95 bits per heavy atom. The number of aliphatic imine (C=N–C) groups is 1. The molecule has 1 rings (SSSR count). The Balaban J connectivity index is 2.58. The van der Waals surface area contributed by atoms with Gasteiger partial charge in [0.25, 0.3) is 6.43 Å². The molecule has 6 heteroatoms. The standard InChI is InChI=1S/C15H20F2N2O2/c1-10-4-6-12(7-5-10)11(2)19-9-3-8-15(18,13(16)17)14(20)21/h4-7,13H,3,8-9,18H2,1-2H3,(H,20,21)/b19-11+. The molecule has 0 aliphatic heterocycles. The lowest BCUT2D eigenvalue weighted by atomic mass is 9.95. The molecule has 0 saturated carbocycles. The molecule has 0 aliphatic rings. The third kappa shape index (κ3) is 4.60. The number of halogens is 2. The first-order chi connectivity index (χ1) is 9.77. The molecule has 0 aromatic heterocycles. The van der Waals surface area contributed by atoms with Crippen molar-refractivity contribution in [1.82, 2.24) is 0 Å². The zero-order valence-corrected chi connectivity index (χ0v) is 12.1. The molecule has 0 aliphatic carbocycles. The maximum absolute atomic E-state index is 12.7. The summed E-state index contributed by atoms with van der Waals surface area (Å²) in [4.78, 5) is 15.1. The van der Waals surface area contributed by atoms with Gasteiger partial charge >= 0.3 is 5.97 Å². The van der Waals surface area contributed by atoms with Crippen molar-refractivity contribution < 1.29 is 18.7 Å². The average Bonchev–Trinajstić information content (AvgIpc) is 2.43. The number of nitrogens with two attached hydrogens (primary N) is 1. The Morgan fingerprint density at radius 3 is 2.43 bits per heavy atom. The fraction of sp³-hybridized carbons (Fsp3) is 0.467. The zero-order valence-electron chi connectivity index (χ0n) is 12.1. The highest BCUT2D eigenvalue weighted by atomic mass is 19.3. The van der Waals surface area contributed by atoms with Gasteiger partial charge in [-0.15, -0.1) is 0 Å². The zero-order chi connectivity index (χ0) is 16.0. The minimum atomic E-state index is -3.10. The molecule has 4 nitrogen and oxygen atoms in total. The summed E-state index contributed by atoms with van der Waals surface area (Å²) in [7, 11) is 0. The highest BCUT2D eigenvalue weighted by Gasteiger charge is 2.43. The van der Waals surface area contributed by atoms with Crippen molar-refractivity contribution in [3.8, 4) is 0 Å². The van der Waals surface area contributed by atoms with Crippen LogP contribution in [0.2, 0.25) is 0 Å². The van der Waals surface area contributed by atoms with Crippen LogP contribution in [0.3, 0.4) is 0 Å². The van der Waals surface area contributed by atoms with Crippen molar-refractivity contribution in [2.24, 2.45) is 10.7 Å². The topological polar surface area (TPSA) is 75.7 Å². The molecule has 0 heterocycles. The van der Waals surface area contributed by atoms with Gasteiger partial charge in [-0.1, -0.05) is 29.8 Å². The summed E-state index contributed by atoms with van der Waals surface area (Å²) in [5.74, 6) is -1.68. The van der Waals surface area contributed by atoms with Crippen molar-refractivity contribution in [1.29, 1.82) is 0 Å². The number of nitrogens with zero attached hydrogens (tertiary/aromatic N) is 1. The van der Waals surface area contributed by atoms with Crippen molar-refractivity contribution in [3.63, 3.8) is 0 Å². The largest absolute Gasteiger partial charge is 0.480 e. The summed E-state index contributed by atoms with van der Waals surface area (Å²) in [6.07, 6.45) is -3.22. The predicted molar refractivity (Wildman–Crippen MR) is 78.0 cm³/mol. The molecule has 116 valence electrons. The summed E-state index contributed by atoms with van der Waals surface area (Å²) in [5.41, 5.74) is 5.61. The molecule has 0 bridgehead atoms. The Kier molecular flexibility index (Phi) is 5.96. The molecule has 1 aromatic carbocycles. The Bertz CT molecular complexity index is 515. The SMILES string of the molecule is C/C(=N\CCCC(N)(C(=O)O)C(F)F)c1ccc(C)cc1. The van der Waals surface area contributed by atoms with Crippen LogP contribution in [0.25, 0.3) is 0 Å². The van der Waals surface area contributed by atoms with E-state index in [2.05, 4.69) is 4.99 Å². The maximum Gasteiger partial charge on any atom is 0.329 e. The summed E-state index contributed by atoms with van der Waals surface area (Å²) in [6.45, 7) is 4.07. The van der Waals surface area contributed by atoms with Gasteiger partial charge in [-0.05, 0) is 32.3 Å². The summed E-state index contributed by atoms with van der Waals surface area (Å²) in [6, 6.07) is 7.77. The van der Waals surface area contributed by atoms with Gasteiger partial charge < -0.3 is 10.8 Å².